The van der Waals surface area contributed by atoms with Crippen LogP contribution < -0.4 is 10.4 Å². The van der Waals surface area contributed by atoms with Crippen LogP contribution in [0.3, 0.4) is 0 Å². The van der Waals surface area contributed by atoms with Crippen LogP contribution in [0.15, 0.2) is 60.7 Å². The second-order valence-electron chi connectivity index (χ2n) is 11.9. The van der Waals surface area contributed by atoms with Crippen molar-refractivity contribution in [2.75, 3.05) is 13.2 Å². The van der Waals surface area contributed by atoms with Gasteiger partial charge < -0.3 is 18.8 Å². The molecule has 1 amide bonds. The number of piperidine rings is 1. The van der Waals surface area contributed by atoms with Gasteiger partial charge in [-0.2, -0.15) is 0 Å². The molecule has 2 saturated heterocycles. The number of benzene rings is 2. The van der Waals surface area contributed by atoms with Crippen LogP contribution in [0.2, 0.25) is 5.04 Å². The molecule has 0 aliphatic carbocycles. The lowest BCUT2D eigenvalue weighted by Gasteiger charge is -2.49. The molecule has 2 aromatic rings. The Morgan fingerprint density at radius 3 is 1.97 bits per heavy atom. The van der Waals surface area contributed by atoms with Crippen LogP contribution in [0.4, 0.5) is 4.79 Å². The van der Waals surface area contributed by atoms with Crippen molar-refractivity contribution in [3.05, 3.63) is 60.7 Å². The highest BCUT2D eigenvalue weighted by molar-refractivity contribution is 6.99. The fourth-order valence-corrected chi connectivity index (χ4v) is 10.1. The monoisotopic (exact) mass is 495 g/mol. The fourth-order valence-electron chi connectivity index (χ4n) is 5.38. The molecule has 2 aliphatic rings. The van der Waals surface area contributed by atoms with Crippen molar-refractivity contribution in [3.8, 4) is 0 Å². The molecule has 5 nitrogen and oxygen atoms in total. The second kappa shape index (κ2) is 10.1. The van der Waals surface area contributed by atoms with E-state index in [9.17, 15) is 4.79 Å². The molecular formula is C29H41NO4Si. The first-order valence-corrected chi connectivity index (χ1v) is 14.8. The Morgan fingerprint density at radius 1 is 0.971 bits per heavy atom. The second-order valence-corrected chi connectivity index (χ2v) is 16.1. The number of carbonyl (C=O) groups is 1. The van der Waals surface area contributed by atoms with E-state index in [2.05, 4.69) is 81.4 Å². The molecule has 2 fully saturated rings. The summed E-state index contributed by atoms with van der Waals surface area (Å²) in [5.41, 5.74) is -0.538. The van der Waals surface area contributed by atoms with E-state index in [-0.39, 0.29) is 29.4 Å². The Labute approximate surface area is 211 Å². The molecule has 3 unspecified atom stereocenters. The summed E-state index contributed by atoms with van der Waals surface area (Å²) >= 11 is 0. The number of likely N-dealkylation sites (tertiary alicyclic amines) is 1. The van der Waals surface area contributed by atoms with Gasteiger partial charge in [0.25, 0.3) is 8.32 Å². The zero-order valence-electron chi connectivity index (χ0n) is 22.1. The molecule has 0 radical (unpaired) electrons. The molecule has 2 aliphatic heterocycles. The lowest BCUT2D eigenvalue weighted by atomic mass is 9.95. The Balaban J connectivity index is 1.76. The smallest absolute Gasteiger partial charge is 0.410 e. The van der Waals surface area contributed by atoms with Crippen LogP contribution in [0.1, 0.15) is 60.8 Å². The zero-order chi connectivity index (χ0) is 25.3. The fraction of sp³-hybridized carbons (Fsp3) is 0.552. The number of ether oxygens (including phenoxy) is 2. The van der Waals surface area contributed by atoms with Crippen molar-refractivity contribution in [1.29, 1.82) is 0 Å². The van der Waals surface area contributed by atoms with E-state index >= 15 is 0 Å². The highest BCUT2D eigenvalue weighted by Crippen LogP contribution is 2.40. The summed E-state index contributed by atoms with van der Waals surface area (Å²) in [6.07, 6.45) is 2.44. The summed E-state index contributed by atoms with van der Waals surface area (Å²) in [5.74, 6) is 0. The third-order valence-electron chi connectivity index (χ3n) is 7.00. The van der Waals surface area contributed by atoms with Gasteiger partial charge in [0.2, 0.25) is 0 Å². The highest BCUT2D eigenvalue weighted by atomic mass is 28.4. The average Bonchev–Trinajstić information content (AvgIpc) is 3.61. The SMILES string of the molecule is CC(C)(C)OC(=O)N1CCCC(O[Si](c2ccccc2)(c2ccccc2)C(C)(C)C)C1CC1CO1. The van der Waals surface area contributed by atoms with E-state index < -0.39 is 13.9 Å². The molecule has 190 valence electrons. The molecule has 2 aromatic carbocycles. The van der Waals surface area contributed by atoms with Gasteiger partial charge in [-0.05, 0) is 55.4 Å². The zero-order valence-corrected chi connectivity index (χ0v) is 23.1. The summed E-state index contributed by atoms with van der Waals surface area (Å²) in [6.45, 7) is 14.1. The van der Waals surface area contributed by atoms with Gasteiger partial charge in [0.15, 0.2) is 0 Å². The number of carbonyl (C=O) groups excluding carboxylic acids is 1. The number of rotatable bonds is 6. The van der Waals surface area contributed by atoms with E-state index in [4.69, 9.17) is 13.9 Å². The third kappa shape index (κ3) is 5.82. The molecule has 0 aromatic heterocycles. The van der Waals surface area contributed by atoms with Crippen LogP contribution in [0, 0.1) is 0 Å². The Morgan fingerprint density at radius 2 is 1.51 bits per heavy atom. The Hall–Kier alpha value is -2.15. The first-order chi connectivity index (χ1) is 16.5. The maximum Gasteiger partial charge on any atom is 0.410 e. The predicted molar refractivity (Wildman–Crippen MR) is 143 cm³/mol. The number of hydrogen-bond acceptors (Lipinski definition) is 4. The summed E-state index contributed by atoms with van der Waals surface area (Å²) in [5, 5.41) is 2.40. The van der Waals surface area contributed by atoms with Crippen LogP contribution in [0.5, 0.6) is 0 Å². The lowest BCUT2D eigenvalue weighted by molar-refractivity contribution is -0.0218. The van der Waals surface area contributed by atoms with Gasteiger partial charge in [-0.1, -0.05) is 81.4 Å². The summed E-state index contributed by atoms with van der Waals surface area (Å²) in [7, 11) is -2.74. The van der Waals surface area contributed by atoms with E-state index in [1.807, 2.05) is 25.7 Å². The molecule has 2 heterocycles. The van der Waals surface area contributed by atoms with Crippen molar-refractivity contribution in [1.82, 2.24) is 4.90 Å². The summed E-state index contributed by atoms with van der Waals surface area (Å²) in [6, 6.07) is 21.4. The van der Waals surface area contributed by atoms with Crippen LogP contribution in [0.25, 0.3) is 0 Å². The number of epoxide rings is 1. The molecule has 4 rings (SSSR count). The lowest BCUT2D eigenvalue weighted by Crippen LogP contribution is -2.69. The van der Waals surface area contributed by atoms with E-state index in [1.54, 1.807) is 0 Å². The minimum atomic E-state index is -2.74. The number of nitrogens with zero attached hydrogens (tertiary/aromatic N) is 1. The normalized spacial score (nSPS) is 23.1. The maximum absolute atomic E-state index is 13.3. The average molecular weight is 496 g/mol. The third-order valence-corrected chi connectivity index (χ3v) is 12.1. The molecule has 3 atom stereocenters. The Kier molecular flexibility index (Phi) is 7.46. The molecular weight excluding hydrogens is 454 g/mol. The van der Waals surface area contributed by atoms with Gasteiger partial charge in [-0.15, -0.1) is 0 Å². The van der Waals surface area contributed by atoms with Crippen LogP contribution in [-0.2, 0) is 13.9 Å². The standard InChI is InChI=1S/C29H41NO4Si/c1-28(2,3)33-27(31)30-19-13-18-26(25(30)20-22-21-32-22)34-35(29(4,5)6,23-14-9-7-10-15-23)24-16-11-8-12-17-24/h7-12,14-17,22,25-26H,13,18-21H2,1-6H3. The molecule has 6 heteroatoms. The summed E-state index contributed by atoms with van der Waals surface area (Å²) in [4.78, 5) is 15.2. The van der Waals surface area contributed by atoms with E-state index in [1.165, 1.54) is 10.4 Å². The first kappa shape index (κ1) is 25.9. The predicted octanol–water partition coefficient (Wildman–Crippen LogP) is 5.12. The minimum absolute atomic E-state index is 0.0762. The van der Waals surface area contributed by atoms with Crippen molar-refractivity contribution in [2.24, 2.45) is 0 Å². The Bertz CT molecular complexity index is 940. The quantitative estimate of drug-likeness (QED) is 0.412. The van der Waals surface area contributed by atoms with Crippen molar-refractivity contribution >= 4 is 24.8 Å². The largest absolute Gasteiger partial charge is 0.444 e. The number of amides is 1. The van der Waals surface area contributed by atoms with Crippen molar-refractivity contribution in [3.63, 3.8) is 0 Å². The molecule has 0 N–H and O–H groups in total. The van der Waals surface area contributed by atoms with Gasteiger partial charge in [-0.3, -0.25) is 0 Å². The van der Waals surface area contributed by atoms with E-state index in [0.717, 1.165) is 25.9 Å². The minimum Gasteiger partial charge on any atom is -0.444 e. The van der Waals surface area contributed by atoms with Crippen LogP contribution in [-0.4, -0.2) is 56.3 Å². The summed E-state index contributed by atoms with van der Waals surface area (Å²) < 4.78 is 19.0. The van der Waals surface area contributed by atoms with E-state index in [0.29, 0.717) is 6.54 Å². The van der Waals surface area contributed by atoms with Gasteiger partial charge >= 0.3 is 6.09 Å². The molecule has 0 saturated carbocycles. The topological polar surface area (TPSA) is 51.3 Å². The van der Waals surface area contributed by atoms with Gasteiger partial charge in [0, 0.05) is 6.54 Å². The molecule has 0 spiro atoms. The van der Waals surface area contributed by atoms with Crippen LogP contribution >= 0.6 is 0 Å². The number of hydrogen-bond donors (Lipinski definition) is 0. The van der Waals surface area contributed by atoms with Gasteiger partial charge in [0.05, 0.1) is 24.9 Å². The first-order valence-electron chi connectivity index (χ1n) is 12.9. The van der Waals surface area contributed by atoms with Gasteiger partial charge in [0.1, 0.15) is 5.60 Å². The maximum atomic E-state index is 13.3. The molecule has 0 bridgehead atoms. The van der Waals surface area contributed by atoms with Crippen molar-refractivity contribution in [2.45, 2.75) is 89.7 Å². The highest BCUT2D eigenvalue weighted by Gasteiger charge is 2.53. The molecule has 35 heavy (non-hydrogen) atoms. The van der Waals surface area contributed by atoms with Crippen molar-refractivity contribution < 1.29 is 18.7 Å². The van der Waals surface area contributed by atoms with Gasteiger partial charge in [-0.25, -0.2) is 4.79 Å².